The summed E-state index contributed by atoms with van der Waals surface area (Å²) in [7, 11) is 0. The monoisotopic (exact) mass is 234 g/mol. The van der Waals surface area contributed by atoms with Gasteiger partial charge in [-0.15, -0.1) is 0 Å². The Morgan fingerprint density at radius 3 is 3.12 bits per heavy atom. The van der Waals surface area contributed by atoms with E-state index >= 15 is 0 Å². The van der Waals surface area contributed by atoms with Crippen LogP contribution in [0.5, 0.6) is 0 Å². The van der Waals surface area contributed by atoms with Gasteiger partial charge in [-0.2, -0.15) is 0 Å². The molecule has 4 nitrogen and oxygen atoms in total. The van der Waals surface area contributed by atoms with Crippen molar-refractivity contribution in [2.24, 2.45) is 0 Å². The Kier molecular flexibility index (Phi) is 5.96. The van der Waals surface area contributed by atoms with E-state index in [0.29, 0.717) is 19.7 Å². The van der Waals surface area contributed by atoms with Crippen LogP contribution in [0.2, 0.25) is 0 Å². The fourth-order valence-corrected chi connectivity index (χ4v) is 1.32. The standard InChI is InChI=1S/C13H18N2O2/c1-3-17-13(16)7-5-8-14-10-12-11(2)6-4-9-15-12/h4-7,9,14H,3,8,10H2,1-2H3/b7-5+. The molecule has 0 saturated carbocycles. The molecule has 0 aliphatic heterocycles. The number of carbonyl (C=O) groups is 1. The zero-order chi connectivity index (χ0) is 12.5. The van der Waals surface area contributed by atoms with Gasteiger partial charge in [-0.1, -0.05) is 12.1 Å². The maximum atomic E-state index is 11.0. The fraction of sp³-hybridized carbons (Fsp3) is 0.385. The second-order valence-electron chi connectivity index (χ2n) is 3.55. The van der Waals surface area contributed by atoms with Crippen LogP contribution in [0, 0.1) is 6.92 Å². The largest absolute Gasteiger partial charge is 0.463 e. The van der Waals surface area contributed by atoms with Crippen molar-refractivity contribution in [1.29, 1.82) is 0 Å². The van der Waals surface area contributed by atoms with Gasteiger partial charge in [0, 0.05) is 25.4 Å². The van der Waals surface area contributed by atoms with Crippen LogP contribution >= 0.6 is 0 Å². The smallest absolute Gasteiger partial charge is 0.330 e. The van der Waals surface area contributed by atoms with Gasteiger partial charge < -0.3 is 10.1 Å². The number of aryl methyl sites for hydroxylation is 1. The Bertz CT molecular complexity index is 389. The lowest BCUT2D eigenvalue weighted by molar-refractivity contribution is -0.137. The van der Waals surface area contributed by atoms with Crippen molar-refractivity contribution in [2.45, 2.75) is 20.4 Å². The molecule has 92 valence electrons. The first-order valence-electron chi connectivity index (χ1n) is 5.68. The van der Waals surface area contributed by atoms with Crippen molar-refractivity contribution in [3.05, 3.63) is 41.7 Å². The lowest BCUT2D eigenvalue weighted by Gasteiger charge is -2.04. The Labute approximate surface area is 102 Å². The molecular formula is C13H18N2O2. The van der Waals surface area contributed by atoms with E-state index < -0.39 is 0 Å². The number of ether oxygens (including phenoxy) is 1. The SMILES string of the molecule is CCOC(=O)/C=C/CNCc1ncccc1C. The summed E-state index contributed by atoms with van der Waals surface area (Å²) in [5.41, 5.74) is 2.19. The molecule has 0 saturated heterocycles. The highest BCUT2D eigenvalue weighted by Gasteiger charge is 1.96. The van der Waals surface area contributed by atoms with E-state index in [-0.39, 0.29) is 5.97 Å². The molecule has 1 N–H and O–H groups in total. The average molecular weight is 234 g/mol. The van der Waals surface area contributed by atoms with Gasteiger partial charge in [-0.05, 0) is 25.5 Å². The summed E-state index contributed by atoms with van der Waals surface area (Å²) < 4.78 is 4.76. The van der Waals surface area contributed by atoms with Gasteiger partial charge in [0.1, 0.15) is 0 Å². The summed E-state index contributed by atoms with van der Waals surface area (Å²) in [6, 6.07) is 3.94. The third-order valence-electron chi connectivity index (χ3n) is 2.21. The van der Waals surface area contributed by atoms with Gasteiger partial charge in [0.2, 0.25) is 0 Å². The van der Waals surface area contributed by atoms with Crippen LogP contribution in [-0.2, 0) is 16.1 Å². The van der Waals surface area contributed by atoms with E-state index in [2.05, 4.69) is 10.3 Å². The average Bonchev–Trinajstić information content (AvgIpc) is 2.31. The third kappa shape index (κ3) is 5.26. The van der Waals surface area contributed by atoms with Crippen molar-refractivity contribution >= 4 is 5.97 Å². The molecular weight excluding hydrogens is 216 g/mol. The van der Waals surface area contributed by atoms with Crippen molar-refractivity contribution in [2.75, 3.05) is 13.2 Å². The second kappa shape index (κ2) is 7.57. The number of hydrogen-bond acceptors (Lipinski definition) is 4. The summed E-state index contributed by atoms with van der Waals surface area (Å²) in [6.07, 6.45) is 4.95. The van der Waals surface area contributed by atoms with Crippen molar-refractivity contribution in [3.8, 4) is 0 Å². The number of hydrogen-bond donors (Lipinski definition) is 1. The molecule has 4 heteroatoms. The number of rotatable bonds is 6. The summed E-state index contributed by atoms with van der Waals surface area (Å²) >= 11 is 0. The second-order valence-corrected chi connectivity index (χ2v) is 3.55. The number of pyridine rings is 1. The van der Waals surface area contributed by atoms with Gasteiger partial charge in [0.25, 0.3) is 0 Å². The Morgan fingerprint density at radius 1 is 1.59 bits per heavy atom. The number of nitrogens with zero attached hydrogens (tertiary/aromatic N) is 1. The first-order valence-corrected chi connectivity index (χ1v) is 5.68. The highest BCUT2D eigenvalue weighted by molar-refractivity contribution is 5.81. The van der Waals surface area contributed by atoms with Crippen LogP contribution in [0.25, 0.3) is 0 Å². The highest BCUT2D eigenvalue weighted by atomic mass is 16.5. The predicted octanol–water partition coefficient (Wildman–Crippen LogP) is 1.60. The third-order valence-corrected chi connectivity index (χ3v) is 2.21. The van der Waals surface area contributed by atoms with E-state index in [1.54, 1.807) is 19.2 Å². The zero-order valence-corrected chi connectivity index (χ0v) is 10.3. The molecule has 0 bridgehead atoms. The zero-order valence-electron chi connectivity index (χ0n) is 10.3. The molecule has 0 aliphatic rings. The minimum Gasteiger partial charge on any atom is -0.463 e. The molecule has 1 aromatic rings. The fourth-order valence-electron chi connectivity index (χ4n) is 1.32. The molecule has 1 heterocycles. The van der Waals surface area contributed by atoms with Crippen LogP contribution in [0.4, 0.5) is 0 Å². The van der Waals surface area contributed by atoms with Gasteiger partial charge in [0.15, 0.2) is 0 Å². The van der Waals surface area contributed by atoms with Gasteiger partial charge in [-0.3, -0.25) is 4.98 Å². The van der Waals surface area contributed by atoms with E-state index in [1.165, 1.54) is 6.08 Å². The van der Waals surface area contributed by atoms with Crippen molar-refractivity contribution < 1.29 is 9.53 Å². The van der Waals surface area contributed by atoms with Crippen molar-refractivity contribution in [1.82, 2.24) is 10.3 Å². The van der Waals surface area contributed by atoms with E-state index in [0.717, 1.165) is 11.3 Å². The topological polar surface area (TPSA) is 51.2 Å². The first-order chi connectivity index (χ1) is 8.24. The number of esters is 1. The van der Waals surface area contributed by atoms with Crippen LogP contribution in [-0.4, -0.2) is 24.1 Å². The molecule has 0 aromatic carbocycles. The lowest BCUT2D eigenvalue weighted by Crippen LogP contribution is -2.15. The number of nitrogens with one attached hydrogen (secondary N) is 1. The molecule has 0 unspecified atom stereocenters. The number of carbonyl (C=O) groups excluding carboxylic acids is 1. The predicted molar refractivity (Wildman–Crippen MR) is 66.5 cm³/mol. The first kappa shape index (κ1) is 13.4. The maximum absolute atomic E-state index is 11.0. The normalized spacial score (nSPS) is 10.7. The summed E-state index contributed by atoms with van der Waals surface area (Å²) in [6.45, 7) is 5.53. The Balaban J connectivity index is 2.25. The Morgan fingerprint density at radius 2 is 2.41 bits per heavy atom. The molecule has 0 fully saturated rings. The quantitative estimate of drug-likeness (QED) is 0.461. The van der Waals surface area contributed by atoms with Gasteiger partial charge in [-0.25, -0.2) is 4.79 Å². The molecule has 1 aromatic heterocycles. The van der Waals surface area contributed by atoms with Crippen LogP contribution in [0.15, 0.2) is 30.5 Å². The van der Waals surface area contributed by atoms with Crippen molar-refractivity contribution in [3.63, 3.8) is 0 Å². The Hall–Kier alpha value is -1.68. The molecule has 0 atom stereocenters. The van der Waals surface area contributed by atoms with Crippen LogP contribution in [0.3, 0.4) is 0 Å². The number of aromatic nitrogens is 1. The van der Waals surface area contributed by atoms with E-state index in [9.17, 15) is 4.79 Å². The minimum atomic E-state index is -0.302. The molecule has 0 spiro atoms. The van der Waals surface area contributed by atoms with Crippen LogP contribution in [0.1, 0.15) is 18.2 Å². The van der Waals surface area contributed by atoms with Gasteiger partial charge in [0.05, 0.1) is 12.3 Å². The summed E-state index contributed by atoms with van der Waals surface area (Å²) in [5, 5.41) is 3.18. The molecule has 0 aliphatic carbocycles. The molecule has 17 heavy (non-hydrogen) atoms. The minimum absolute atomic E-state index is 0.302. The summed E-state index contributed by atoms with van der Waals surface area (Å²) in [4.78, 5) is 15.2. The molecule has 0 radical (unpaired) electrons. The van der Waals surface area contributed by atoms with E-state index in [1.807, 2.05) is 19.1 Å². The molecule has 1 rings (SSSR count). The highest BCUT2D eigenvalue weighted by Crippen LogP contribution is 2.01. The lowest BCUT2D eigenvalue weighted by atomic mass is 10.2. The van der Waals surface area contributed by atoms with Crippen LogP contribution < -0.4 is 5.32 Å². The molecule has 0 amide bonds. The van der Waals surface area contributed by atoms with Gasteiger partial charge >= 0.3 is 5.97 Å². The van der Waals surface area contributed by atoms with E-state index in [4.69, 9.17) is 4.74 Å². The maximum Gasteiger partial charge on any atom is 0.330 e. The summed E-state index contributed by atoms with van der Waals surface area (Å²) in [5.74, 6) is -0.302.